The van der Waals surface area contributed by atoms with Crippen molar-refractivity contribution in [2.24, 2.45) is 3.21 Å². The van der Waals surface area contributed by atoms with Gasteiger partial charge in [-0.1, -0.05) is 30.3 Å². The number of hydrogen-bond acceptors (Lipinski definition) is 4. The van der Waals surface area contributed by atoms with E-state index < -0.39 is 20.1 Å². The first kappa shape index (κ1) is 22.2. The Morgan fingerprint density at radius 3 is 2.52 bits per heavy atom. The predicted molar refractivity (Wildman–Crippen MR) is 143 cm³/mol. The van der Waals surface area contributed by atoms with E-state index in [0.29, 0.717) is 6.04 Å². The van der Waals surface area contributed by atoms with E-state index in [0.717, 1.165) is 60.7 Å². The SMILES string of the molecule is CI1C=C(c2ccnc(NC3CCN(Cc4ccccc4)CC3)c2)C(c2ccc(F)cc2)=N1. The average molecular weight is 554 g/mol. The van der Waals surface area contributed by atoms with Gasteiger partial charge >= 0.3 is 173 Å². The summed E-state index contributed by atoms with van der Waals surface area (Å²) in [6.07, 6.45) is 4.08. The maximum absolute atomic E-state index is 13.4. The van der Waals surface area contributed by atoms with Crippen LogP contribution in [0, 0.1) is 5.82 Å². The summed E-state index contributed by atoms with van der Waals surface area (Å²) >= 11 is -1.50. The van der Waals surface area contributed by atoms with Crippen molar-refractivity contribution < 1.29 is 4.39 Å². The van der Waals surface area contributed by atoms with Crippen LogP contribution < -0.4 is 5.32 Å². The normalized spacial score (nSPS) is 18.2. The van der Waals surface area contributed by atoms with Gasteiger partial charge in [0.15, 0.2) is 0 Å². The standard InChI is InChI=1S/C27H28FIN4/c1-29-18-25(27(32-29)21-7-9-23(28)10-8-21)22-11-14-30-26(17-22)31-24-12-15-33(16-13-24)19-20-5-3-2-4-6-20/h2-11,14,17-18,24H,12-13,15-16,19H2,1H3,(H,30,31). The second-order valence-electron chi connectivity index (χ2n) is 8.56. The van der Waals surface area contributed by atoms with Gasteiger partial charge in [-0.25, -0.2) is 0 Å². The van der Waals surface area contributed by atoms with Crippen molar-refractivity contribution in [3.05, 3.63) is 99.5 Å². The van der Waals surface area contributed by atoms with E-state index in [9.17, 15) is 4.39 Å². The number of allylic oxidation sites excluding steroid dienone is 1. The first-order chi connectivity index (χ1) is 16.1. The van der Waals surface area contributed by atoms with Gasteiger partial charge in [0.1, 0.15) is 0 Å². The summed E-state index contributed by atoms with van der Waals surface area (Å²) < 4.78 is 20.7. The Morgan fingerprint density at radius 2 is 1.76 bits per heavy atom. The van der Waals surface area contributed by atoms with E-state index in [4.69, 9.17) is 3.21 Å². The van der Waals surface area contributed by atoms with Crippen molar-refractivity contribution in [1.82, 2.24) is 9.88 Å². The van der Waals surface area contributed by atoms with E-state index >= 15 is 0 Å². The summed E-state index contributed by atoms with van der Waals surface area (Å²) in [6, 6.07) is 22.0. The molecule has 170 valence electrons. The number of aromatic nitrogens is 1. The van der Waals surface area contributed by atoms with Gasteiger partial charge < -0.3 is 0 Å². The molecule has 0 unspecified atom stereocenters. The Hall–Kier alpha value is -2.58. The molecule has 2 aromatic carbocycles. The number of pyridine rings is 1. The zero-order chi connectivity index (χ0) is 22.6. The molecule has 3 heterocycles. The second kappa shape index (κ2) is 10.1. The number of hydrogen-bond donors (Lipinski definition) is 1. The zero-order valence-electron chi connectivity index (χ0n) is 18.7. The Morgan fingerprint density at radius 1 is 1.00 bits per heavy atom. The van der Waals surface area contributed by atoms with Crippen molar-refractivity contribution in [3.8, 4) is 0 Å². The first-order valence-corrected chi connectivity index (χ1v) is 15.7. The molecule has 0 spiro atoms. The molecule has 1 N–H and O–H groups in total. The van der Waals surface area contributed by atoms with Crippen molar-refractivity contribution in [1.29, 1.82) is 0 Å². The second-order valence-corrected chi connectivity index (χ2v) is 12.4. The maximum atomic E-state index is 13.4. The zero-order valence-corrected chi connectivity index (χ0v) is 20.9. The molecule has 4 nitrogen and oxygen atoms in total. The molecule has 0 saturated carbocycles. The molecule has 0 amide bonds. The summed E-state index contributed by atoms with van der Waals surface area (Å²) in [7, 11) is 0. The van der Waals surface area contributed by atoms with Crippen LogP contribution in [0.15, 0.2) is 80.2 Å². The first-order valence-electron chi connectivity index (χ1n) is 11.3. The minimum atomic E-state index is -1.50. The molecule has 3 aromatic rings. The van der Waals surface area contributed by atoms with Gasteiger partial charge in [0, 0.05) is 0 Å². The molecule has 1 saturated heterocycles. The van der Waals surface area contributed by atoms with Crippen LogP contribution in [0.4, 0.5) is 10.2 Å². The van der Waals surface area contributed by atoms with Crippen LogP contribution >= 0.6 is 20.1 Å². The number of likely N-dealkylation sites (tertiary alicyclic amines) is 1. The number of anilines is 1. The molecule has 2 aliphatic heterocycles. The third-order valence-corrected chi connectivity index (χ3v) is 8.88. The van der Waals surface area contributed by atoms with E-state index in [1.165, 1.54) is 17.7 Å². The summed E-state index contributed by atoms with van der Waals surface area (Å²) in [4.78, 5) is 9.34. The van der Waals surface area contributed by atoms with Crippen molar-refractivity contribution >= 4 is 37.2 Å². The fraction of sp³-hybridized carbons (Fsp3) is 0.259. The van der Waals surface area contributed by atoms with Gasteiger partial charge in [-0.15, -0.1) is 0 Å². The van der Waals surface area contributed by atoms with E-state index in [2.05, 4.69) is 60.6 Å². The van der Waals surface area contributed by atoms with Gasteiger partial charge in [0.25, 0.3) is 0 Å². The van der Waals surface area contributed by atoms with Crippen LogP contribution in [0.25, 0.3) is 5.57 Å². The van der Waals surface area contributed by atoms with E-state index in [-0.39, 0.29) is 5.82 Å². The molecule has 0 radical (unpaired) electrons. The van der Waals surface area contributed by atoms with E-state index in [1.807, 2.05) is 24.4 Å². The van der Waals surface area contributed by atoms with Crippen LogP contribution in [-0.4, -0.2) is 39.7 Å². The molecule has 2 aliphatic rings. The van der Waals surface area contributed by atoms with Crippen molar-refractivity contribution in [2.45, 2.75) is 25.4 Å². The Kier molecular flexibility index (Phi) is 6.83. The summed E-state index contributed by atoms with van der Waals surface area (Å²) in [6.45, 7) is 3.19. The molecule has 0 atom stereocenters. The Balaban J connectivity index is 1.24. The number of piperidine rings is 1. The van der Waals surface area contributed by atoms with Crippen LogP contribution in [0.5, 0.6) is 0 Å². The number of benzene rings is 2. The summed E-state index contributed by atoms with van der Waals surface area (Å²) in [5.41, 5.74) is 5.60. The summed E-state index contributed by atoms with van der Waals surface area (Å²) in [5.74, 6) is 0.691. The number of halogens is 2. The van der Waals surface area contributed by atoms with E-state index in [1.54, 1.807) is 0 Å². The molecule has 1 aromatic heterocycles. The molecule has 33 heavy (non-hydrogen) atoms. The van der Waals surface area contributed by atoms with Crippen LogP contribution in [0.2, 0.25) is 0 Å². The molecule has 5 rings (SSSR count). The van der Waals surface area contributed by atoms with Crippen LogP contribution in [0.3, 0.4) is 0 Å². The van der Waals surface area contributed by atoms with Crippen LogP contribution in [0.1, 0.15) is 29.5 Å². The quantitative estimate of drug-likeness (QED) is 0.292. The number of nitrogens with one attached hydrogen (secondary N) is 1. The molecule has 0 bridgehead atoms. The van der Waals surface area contributed by atoms with Gasteiger partial charge in [0.05, 0.1) is 0 Å². The fourth-order valence-corrected chi connectivity index (χ4v) is 7.38. The monoisotopic (exact) mass is 554 g/mol. The van der Waals surface area contributed by atoms with Gasteiger partial charge in [-0.2, -0.15) is 0 Å². The topological polar surface area (TPSA) is 40.5 Å². The molecule has 6 heteroatoms. The molecule has 0 aliphatic carbocycles. The number of nitrogens with zero attached hydrogens (tertiary/aromatic N) is 3. The third-order valence-electron chi connectivity index (χ3n) is 6.12. The Bertz CT molecular complexity index is 1150. The predicted octanol–water partition coefficient (Wildman–Crippen LogP) is 6.19. The number of rotatable bonds is 6. The minimum absolute atomic E-state index is 0.222. The van der Waals surface area contributed by atoms with Crippen LogP contribution in [-0.2, 0) is 6.54 Å². The third kappa shape index (κ3) is 5.50. The van der Waals surface area contributed by atoms with Gasteiger partial charge in [-0.05, 0) is 0 Å². The fourth-order valence-electron chi connectivity index (χ4n) is 4.39. The van der Waals surface area contributed by atoms with Crippen molar-refractivity contribution in [2.75, 3.05) is 23.3 Å². The average Bonchev–Trinajstić information content (AvgIpc) is 3.23. The molecular weight excluding hydrogens is 526 g/mol. The van der Waals surface area contributed by atoms with Gasteiger partial charge in [0.2, 0.25) is 0 Å². The van der Waals surface area contributed by atoms with Gasteiger partial charge in [-0.3, -0.25) is 0 Å². The molecular formula is C27H28FIN4. The molecule has 1 fully saturated rings. The van der Waals surface area contributed by atoms with Crippen molar-refractivity contribution in [3.63, 3.8) is 0 Å². The Labute approximate surface area is 202 Å². The summed E-state index contributed by atoms with van der Waals surface area (Å²) in [5, 5.41) is 3.66. The number of alkyl halides is 1.